The maximum atomic E-state index is 6.20. The molecule has 0 fully saturated rings. The first-order valence-electron chi connectivity index (χ1n) is 50.3. The van der Waals surface area contributed by atoms with E-state index in [1.54, 1.807) is 0 Å². The molecule has 15 aliphatic rings. The fourth-order valence-corrected chi connectivity index (χ4v) is 23.5. The Bertz CT molecular complexity index is 6410. The zero-order chi connectivity index (χ0) is 91.8. The molecule has 8 aromatic carbocycles. The zero-order valence-corrected chi connectivity index (χ0v) is 81.1. The Balaban J connectivity index is 0.863. The van der Waals surface area contributed by atoms with Crippen molar-refractivity contribution in [3.05, 3.63) is 446 Å². The predicted molar refractivity (Wildman–Crippen MR) is 562 cm³/mol. The van der Waals surface area contributed by atoms with E-state index in [0.717, 1.165) is 176 Å². The minimum absolute atomic E-state index is 0.0848. The maximum absolute atomic E-state index is 6.20. The molecule has 8 nitrogen and oxygen atoms in total. The van der Waals surface area contributed by atoms with Crippen LogP contribution in [0.25, 0.3) is 22.3 Å². The summed E-state index contributed by atoms with van der Waals surface area (Å²) >= 11 is 0. The summed E-state index contributed by atoms with van der Waals surface area (Å²) in [7, 11) is 0. The average Bonchev–Trinajstić information content (AvgIpc) is 1.60. The van der Waals surface area contributed by atoms with Crippen molar-refractivity contribution in [2.24, 2.45) is 20.0 Å². The molecule has 132 heavy (non-hydrogen) atoms. The van der Waals surface area contributed by atoms with Gasteiger partial charge in [-0.25, -0.2) is 20.0 Å². The minimum atomic E-state index is -0.201. The number of aliphatic imine (C=N–C) groups is 4. The fourth-order valence-electron chi connectivity index (χ4n) is 23.5. The summed E-state index contributed by atoms with van der Waals surface area (Å²) in [5.74, 6) is 0. The second-order valence-corrected chi connectivity index (χ2v) is 36.2. The molecule has 0 radical (unpaired) electrons. The van der Waals surface area contributed by atoms with Gasteiger partial charge in [-0.3, -0.25) is 21.3 Å². The van der Waals surface area contributed by atoms with Crippen LogP contribution in [0.5, 0.6) is 0 Å². The van der Waals surface area contributed by atoms with E-state index in [1.165, 1.54) is 150 Å². The number of nitrogens with one attached hydrogen (secondary N) is 4. The van der Waals surface area contributed by atoms with Crippen molar-refractivity contribution in [1.29, 1.82) is 0 Å². The summed E-state index contributed by atoms with van der Waals surface area (Å²) in [6.07, 6.45) is 42.2. The molecule has 8 heteroatoms. The molecule has 15 heterocycles. The molecular formula is C124H136N8. The van der Waals surface area contributed by atoms with E-state index < -0.39 is 0 Å². The van der Waals surface area contributed by atoms with E-state index in [-0.39, 0.29) is 48.3 Å². The first-order chi connectivity index (χ1) is 64.8. The van der Waals surface area contributed by atoms with E-state index in [4.69, 9.17) is 20.0 Å². The van der Waals surface area contributed by atoms with Gasteiger partial charge >= 0.3 is 0 Å². The number of nitrogens with zero attached hydrogens (tertiary/aromatic N) is 4. The van der Waals surface area contributed by atoms with E-state index in [2.05, 4.69) is 399 Å². The van der Waals surface area contributed by atoms with Crippen molar-refractivity contribution in [2.45, 2.75) is 262 Å². The van der Waals surface area contributed by atoms with Crippen molar-refractivity contribution in [3.63, 3.8) is 0 Å². The number of hydrogen-bond donors (Lipinski definition) is 4. The molecule has 0 aliphatic carbocycles. The van der Waals surface area contributed by atoms with Gasteiger partial charge in [0.2, 0.25) is 0 Å². The molecule has 24 bridgehead atoms. The molecule has 0 aromatic heterocycles. The predicted octanol–water partition coefficient (Wildman–Crippen LogP) is 30.0. The SMILES string of the molecule is CCC1=C(CC)C2NC(C=C1)C(c1ccccc1)=C1N=C(C(CC)=C1CC)c1ccc(c(CC)c1CC)C1NC(C=CC(CC)=C1CC)C(c1ccccc1)=C1C=CC(=N1)c1ccc(cc1)C1C=CC=CC(N1)/C(c1ccccc1)=C1\N=C(C(CC)=C1CC)c1ccc(cc1)C1NC(C(CC)=C(CC)C(CC)=C1CC)C(c1ccccc1)=C1C=CC(=N1)c1ccc2c(CC)c1CC. The highest BCUT2D eigenvalue weighted by molar-refractivity contribution is 6.19. The molecule has 0 spiro atoms. The highest BCUT2D eigenvalue weighted by atomic mass is 15.0. The van der Waals surface area contributed by atoms with Crippen LogP contribution in [0.4, 0.5) is 0 Å². The second kappa shape index (κ2) is 41.5. The van der Waals surface area contributed by atoms with Crippen molar-refractivity contribution < 1.29 is 0 Å². The molecular weight excluding hydrogens is 1600 g/mol. The summed E-state index contributed by atoms with van der Waals surface area (Å²) in [6.45, 7) is 37.8. The molecule has 4 N–H and O–H groups in total. The molecule has 8 unspecified atom stereocenters. The largest absolute Gasteiger partial charge is 0.296 e. The Morgan fingerprint density at radius 1 is 0.235 bits per heavy atom. The third-order valence-corrected chi connectivity index (χ3v) is 29.7. The number of allylic oxidation sites excluding steroid dienone is 16. The normalized spacial score (nSPS) is 22.2. The Labute approximate surface area is 788 Å². The summed E-state index contributed by atoms with van der Waals surface area (Å²) in [5.41, 5.74) is 49.8. The van der Waals surface area contributed by atoms with E-state index in [0.29, 0.717) is 0 Å². The zero-order valence-electron chi connectivity index (χ0n) is 81.1. The van der Waals surface area contributed by atoms with Crippen LogP contribution in [0, 0.1) is 0 Å². The third kappa shape index (κ3) is 17.4. The second-order valence-electron chi connectivity index (χ2n) is 36.2. The summed E-state index contributed by atoms with van der Waals surface area (Å²) < 4.78 is 0. The van der Waals surface area contributed by atoms with Gasteiger partial charge in [-0.1, -0.05) is 354 Å². The van der Waals surface area contributed by atoms with Gasteiger partial charge in [0.1, 0.15) is 0 Å². The molecule has 0 amide bonds. The van der Waals surface area contributed by atoms with Crippen LogP contribution in [0.2, 0.25) is 0 Å². The standard InChI is InChI=1S/C124H136N8/c1-17-77-65-71-110-113(81-47-37-33-38-48-81)109-75-73-106(126-109)80-59-57-79(58-60-80)105-55-45-46-56-108(125-105)114(82-49-39-34-40-50-82)123-99(31-15)97(29-13)118(131-123)86-63-61-85(62-64-86)117-95(27-11)89(21-5)90(22-6)96(28-12)122(130-117)115(83-51-41-35-42-52-83)111-76-74-107(127-111)101-67-68-102(92(24-8)91(101)23-7)120-88(20-4)78(18-2)66-72-112(129-120)116(84-53-43-36-44-54-84)124-100(32-16)98(30-14)121(132-124)104-70-69-103(93(25-9)94(104)26-10)119(128-110)87(77)19-3/h33-76,105,108,110,112,117,119-120,122,125,128-130H,17-32H2,1-16H3/b113-109?,115-111?,123-114-,124-116?. The van der Waals surface area contributed by atoms with Crippen LogP contribution in [-0.4, -0.2) is 47.0 Å². The van der Waals surface area contributed by atoms with Crippen molar-refractivity contribution >= 4 is 45.1 Å². The molecule has 8 aromatic rings. The van der Waals surface area contributed by atoms with Gasteiger partial charge in [0, 0.05) is 44.5 Å². The Hall–Kier alpha value is -11.9. The fraction of sp³-hybridized carbons (Fsp3) is 0.323. The van der Waals surface area contributed by atoms with Crippen LogP contribution in [-0.2, 0) is 25.7 Å². The smallest absolute Gasteiger partial charge is 0.0747 e. The van der Waals surface area contributed by atoms with E-state index in [1.807, 2.05) is 0 Å². The average molecular weight is 1740 g/mol. The van der Waals surface area contributed by atoms with Crippen LogP contribution < -0.4 is 21.3 Å². The lowest BCUT2D eigenvalue weighted by atomic mass is 9.82. The molecule has 672 valence electrons. The van der Waals surface area contributed by atoms with Crippen LogP contribution in [0.3, 0.4) is 0 Å². The van der Waals surface area contributed by atoms with Crippen molar-refractivity contribution in [1.82, 2.24) is 21.3 Å². The van der Waals surface area contributed by atoms with Crippen LogP contribution >= 0.6 is 0 Å². The van der Waals surface area contributed by atoms with Gasteiger partial charge in [-0.15, -0.1) is 0 Å². The van der Waals surface area contributed by atoms with E-state index >= 15 is 0 Å². The highest BCUT2D eigenvalue weighted by Crippen LogP contribution is 2.50. The third-order valence-electron chi connectivity index (χ3n) is 29.7. The van der Waals surface area contributed by atoms with Gasteiger partial charge in [-0.05, 0) is 261 Å². The lowest BCUT2D eigenvalue weighted by molar-refractivity contribution is 0.561. The lowest BCUT2D eigenvalue weighted by Crippen LogP contribution is -2.36. The van der Waals surface area contributed by atoms with Gasteiger partial charge in [0.25, 0.3) is 0 Å². The Kier molecular flexibility index (Phi) is 28.9. The van der Waals surface area contributed by atoms with Crippen LogP contribution in [0.15, 0.2) is 377 Å². The van der Waals surface area contributed by atoms with Crippen molar-refractivity contribution in [2.75, 3.05) is 0 Å². The Morgan fingerprint density at radius 2 is 0.629 bits per heavy atom. The topological polar surface area (TPSA) is 97.6 Å². The van der Waals surface area contributed by atoms with Gasteiger partial charge in [-0.2, -0.15) is 0 Å². The molecule has 8 atom stereocenters. The quantitative estimate of drug-likeness (QED) is 0.0611. The first-order valence-corrected chi connectivity index (χ1v) is 50.3. The molecule has 15 aliphatic heterocycles. The molecule has 23 rings (SSSR count). The number of hydrogen-bond acceptors (Lipinski definition) is 8. The number of benzene rings is 8. The van der Waals surface area contributed by atoms with Crippen LogP contribution in [0.1, 0.15) is 301 Å². The Morgan fingerprint density at radius 3 is 1.11 bits per heavy atom. The highest BCUT2D eigenvalue weighted by Gasteiger charge is 2.40. The van der Waals surface area contributed by atoms with Crippen molar-refractivity contribution in [3.8, 4) is 0 Å². The number of rotatable bonds is 20. The summed E-state index contributed by atoms with van der Waals surface area (Å²) in [6, 6.07) is 72.0. The van der Waals surface area contributed by atoms with Gasteiger partial charge in [0.05, 0.1) is 94.0 Å². The minimum Gasteiger partial charge on any atom is -0.296 e. The lowest BCUT2D eigenvalue weighted by Gasteiger charge is -2.31. The van der Waals surface area contributed by atoms with E-state index in [9.17, 15) is 0 Å². The maximum Gasteiger partial charge on any atom is 0.0747 e. The van der Waals surface area contributed by atoms with Gasteiger partial charge in [0.15, 0.2) is 0 Å². The molecule has 0 saturated carbocycles. The summed E-state index contributed by atoms with van der Waals surface area (Å²) in [4.78, 5) is 23.8. The molecule has 0 saturated heterocycles. The summed E-state index contributed by atoms with van der Waals surface area (Å²) in [5, 5.41) is 17.8. The first kappa shape index (κ1) is 92.0. The van der Waals surface area contributed by atoms with Gasteiger partial charge < -0.3 is 0 Å². The monoisotopic (exact) mass is 1740 g/mol.